The van der Waals surface area contributed by atoms with Crippen LogP contribution in [0.3, 0.4) is 0 Å². The number of hydrogen-bond donors (Lipinski definition) is 1. The maximum atomic E-state index is 6.12. The molecule has 0 saturated carbocycles. The van der Waals surface area contributed by atoms with Gasteiger partial charge in [-0.3, -0.25) is 0 Å². The molecular weight excluding hydrogens is 182 g/mol. The van der Waals surface area contributed by atoms with Gasteiger partial charge in [0.05, 0.1) is 0 Å². The zero-order chi connectivity index (χ0) is 11.3. The lowest BCUT2D eigenvalue weighted by atomic mass is 9.83. The van der Waals surface area contributed by atoms with Gasteiger partial charge in [0.1, 0.15) is 0 Å². The van der Waals surface area contributed by atoms with Crippen molar-refractivity contribution in [2.24, 2.45) is 17.6 Å². The smallest absolute Gasteiger partial charge is 0.0118 e. The van der Waals surface area contributed by atoms with Gasteiger partial charge in [-0.05, 0) is 38.2 Å². The van der Waals surface area contributed by atoms with Gasteiger partial charge >= 0.3 is 0 Å². The Balaban J connectivity index is 2.67. The van der Waals surface area contributed by atoms with Gasteiger partial charge in [-0.2, -0.15) is 0 Å². The molecule has 1 rings (SSSR count). The molecule has 1 nitrogen and oxygen atoms in total. The first-order valence-electron chi connectivity index (χ1n) is 5.94. The normalized spacial score (nSPS) is 28.2. The summed E-state index contributed by atoms with van der Waals surface area (Å²) >= 11 is 0. The van der Waals surface area contributed by atoms with E-state index in [0.29, 0.717) is 11.8 Å². The third kappa shape index (κ3) is 3.58. The Morgan fingerprint density at radius 3 is 2.80 bits per heavy atom. The highest BCUT2D eigenvalue weighted by atomic mass is 14.6. The predicted molar refractivity (Wildman–Crippen MR) is 67.3 cm³/mol. The molecule has 0 radical (unpaired) electrons. The first kappa shape index (κ1) is 12.1. The van der Waals surface area contributed by atoms with Crippen LogP contribution in [0.1, 0.15) is 40.0 Å². The van der Waals surface area contributed by atoms with E-state index in [0.717, 1.165) is 12.1 Å². The summed E-state index contributed by atoms with van der Waals surface area (Å²) in [6, 6.07) is 0. The molecule has 2 unspecified atom stereocenters. The summed E-state index contributed by atoms with van der Waals surface area (Å²) in [6.45, 7) is 6.56. The molecule has 1 aliphatic rings. The molecule has 0 aliphatic heterocycles. The molecule has 1 heteroatoms. The minimum absolute atomic E-state index is 0.538. The zero-order valence-corrected chi connectivity index (χ0v) is 10.2. The van der Waals surface area contributed by atoms with E-state index in [-0.39, 0.29) is 0 Å². The van der Waals surface area contributed by atoms with E-state index in [4.69, 9.17) is 5.73 Å². The average molecular weight is 205 g/mol. The van der Waals surface area contributed by atoms with Crippen molar-refractivity contribution in [3.63, 3.8) is 0 Å². The van der Waals surface area contributed by atoms with E-state index >= 15 is 0 Å². The van der Waals surface area contributed by atoms with Crippen LogP contribution in [-0.2, 0) is 0 Å². The number of nitrogens with two attached hydrogens (primary N) is 1. The van der Waals surface area contributed by atoms with E-state index < -0.39 is 0 Å². The molecule has 2 atom stereocenters. The van der Waals surface area contributed by atoms with Crippen LogP contribution in [0.2, 0.25) is 0 Å². The molecule has 0 bridgehead atoms. The summed E-state index contributed by atoms with van der Waals surface area (Å²) < 4.78 is 0. The first-order chi connectivity index (χ1) is 7.15. The summed E-state index contributed by atoms with van der Waals surface area (Å²) in [5.74, 6) is 1.13. The van der Waals surface area contributed by atoms with Crippen LogP contribution < -0.4 is 5.73 Å². The van der Waals surface area contributed by atoms with Gasteiger partial charge in [-0.1, -0.05) is 37.6 Å². The van der Waals surface area contributed by atoms with Crippen molar-refractivity contribution in [1.82, 2.24) is 0 Å². The monoisotopic (exact) mass is 205 g/mol. The van der Waals surface area contributed by atoms with Gasteiger partial charge in [0.15, 0.2) is 0 Å². The molecule has 15 heavy (non-hydrogen) atoms. The highest BCUT2D eigenvalue weighted by Crippen LogP contribution is 2.28. The van der Waals surface area contributed by atoms with Crippen molar-refractivity contribution in [1.29, 1.82) is 0 Å². The van der Waals surface area contributed by atoms with E-state index in [2.05, 4.69) is 45.1 Å². The maximum absolute atomic E-state index is 6.12. The number of rotatable bonds is 3. The Morgan fingerprint density at radius 2 is 2.20 bits per heavy atom. The molecule has 0 aromatic carbocycles. The lowest BCUT2D eigenvalue weighted by molar-refractivity contribution is 0.433. The molecule has 2 N–H and O–H groups in total. The third-order valence-corrected chi connectivity index (χ3v) is 3.26. The van der Waals surface area contributed by atoms with Gasteiger partial charge in [0.25, 0.3) is 0 Å². The minimum atomic E-state index is 0.538. The van der Waals surface area contributed by atoms with Crippen LogP contribution in [0.25, 0.3) is 0 Å². The van der Waals surface area contributed by atoms with E-state index in [1.165, 1.54) is 18.4 Å². The molecule has 0 aromatic heterocycles. The summed E-state index contributed by atoms with van der Waals surface area (Å²) in [6.07, 6.45) is 12.3. The van der Waals surface area contributed by atoms with Gasteiger partial charge in [0, 0.05) is 11.6 Å². The van der Waals surface area contributed by atoms with Crippen molar-refractivity contribution in [3.8, 4) is 0 Å². The Hall–Kier alpha value is -0.980. The molecule has 0 saturated heterocycles. The van der Waals surface area contributed by atoms with Crippen LogP contribution in [0, 0.1) is 11.8 Å². The second kappa shape index (κ2) is 5.79. The van der Waals surface area contributed by atoms with Gasteiger partial charge in [-0.25, -0.2) is 0 Å². The summed E-state index contributed by atoms with van der Waals surface area (Å²) in [5, 5.41) is 0. The van der Waals surface area contributed by atoms with Crippen LogP contribution >= 0.6 is 0 Å². The average Bonchev–Trinajstić information content (AvgIpc) is 2.26. The molecule has 0 spiro atoms. The van der Waals surface area contributed by atoms with Crippen LogP contribution in [0.15, 0.2) is 35.6 Å². The van der Waals surface area contributed by atoms with Gasteiger partial charge in [0.2, 0.25) is 0 Å². The Bertz CT molecular complexity index is 284. The summed E-state index contributed by atoms with van der Waals surface area (Å²) in [7, 11) is 0. The van der Waals surface area contributed by atoms with E-state index in [1.54, 1.807) is 0 Å². The fraction of sp³-hybridized carbons (Fsp3) is 0.571. The maximum Gasteiger partial charge on any atom is 0.0118 e. The topological polar surface area (TPSA) is 26.0 Å². The van der Waals surface area contributed by atoms with Crippen molar-refractivity contribution >= 4 is 0 Å². The Labute approximate surface area is 93.7 Å². The summed E-state index contributed by atoms with van der Waals surface area (Å²) in [5.41, 5.74) is 8.55. The van der Waals surface area contributed by atoms with Crippen molar-refractivity contribution in [2.45, 2.75) is 40.0 Å². The van der Waals surface area contributed by atoms with Crippen molar-refractivity contribution < 1.29 is 0 Å². The highest BCUT2D eigenvalue weighted by Gasteiger charge is 2.19. The molecular formula is C14H23N. The quantitative estimate of drug-likeness (QED) is 0.550. The molecule has 0 heterocycles. The fourth-order valence-electron chi connectivity index (χ4n) is 1.93. The fourth-order valence-corrected chi connectivity index (χ4v) is 1.93. The van der Waals surface area contributed by atoms with Gasteiger partial charge in [-0.15, -0.1) is 0 Å². The Morgan fingerprint density at radius 1 is 1.47 bits per heavy atom. The lowest BCUT2D eigenvalue weighted by Crippen LogP contribution is -2.20. The largest absolute Gasteiger partial charge is 0.402 e. The van der Waals surface area contributed by atoms with E-state index in [1.807, 2.05) is 0 Å². The highest BCUT2D eigenvalue weighted by molar-refractivity contribution is 5.19. The van der Waals surface area contributed by atoms with Crippen molar-refractivity contribution in [2.75, 3.05) is 0 Å². The molecule has 1 aliphatic carbocycles. The van der Waals surface area contributed by atoms with Crippen molar-refractivity contribution in [3.05, 3.63) is 35.6 Å². The minimum Gasteiger partial charge on any atom is -0.402 e. The zero-order valence-electron chi connectivity index (χ0n) is 10.2. The molecule has 84 valence electrons. The molecule has 0 amide bonds. The molecule has 0 fully saturated rings. The second-order valence-corrected chi connectivity index (χ2v) is 4.50. The first-order valence-corrected chi connectivity index (χ1v) is 5.94. The van der Waals surface area contributed by atoms with Gasteiger partial charge < -0.3 is 5.73 Å². The van der Waals surface area contributed by atoms with E-state index in [9.17, 15) is 0 Å². The van der Waals surface area contributed by atoms with Crippen LogP contribution in [-0.4, -0.2) is 0 Å². The lowest BCUT2D eigenvalue weighted by Gasteiger charge is -2.24. The van der Waals surface area contributed by atoms with Crippen LogP contribution in [0.4, 0.5) is 0 Å². The molecule has 0 aromatic rings. The second-order valence-electron chi connectivity index (χ2n) is 4.50. The Kier molecular flexibility index (Phi) is 4.67. The standard InChI is InChI=1S/C14H23N/c1-4-11(2)9-10-14(15)13-8-6-5-7-12(13)3/h5,7,9-10,12-13H,4,6,8,15H2,1-3H3/b11-9+,14-10-. The predicted octanol–water partition coefficient (Wildman–Crippen LogP) is 3.79. The number of allylic oxidation sites excluding steroid dienone is 6. The summed E-state index contributed by atoms with van der Waals surface area (Å²) in [4.78, 5) is 0. The SMILES string of the molecule is CC/C(C)=C/C=C(\N)C1CCC=CC1C. The third-order valence-electron chi connectivity index (χ3n) is 3.26. The number of hydrogen-bond acceptors (Lipinski definition) is 1. The van der Waals surface area contributed by atoms with Crippen LogP contribution in [0.5, 0.6) is 0 Å².